The van der Waals surface area contributed by atoms with Crippen LogP contribution in [0.1, 0.15) is 120 Å². The fourth-order valence-corrected chi connectivity index (χ4v) is 11.2. The van der Waals surface area contributed by atoms with E-state index < -0.39 is 0 Å². The Balaban J connectivity index is 1.57. The molecule has 0 aromatic heterocycles. The molecule has 0 aromatic carbocycles. The van der Waals surface area contributed by atoms with Crippen LogP contribution in [0, 0.1) is 56.2 Å². The van der Waals surface area contributed by atoms with Gasteiger partial charge in [0.25, 0.3) is 0 Å². The molecule has 0 aliphatic heterocycles. The number of aliphatic hydroxyl groups excluding tert-OH is 1. The third kappa shape index (κ3) is 2.66. The molecule has 32 heavy (non-hydrogen) atoms. The Kier molecular flexibility index (Phi) is 4.85. The highest BCUT2D eigenvalue weighted by molar-refractivity contribution is 5.82. The first-order valence-corrected chi connectivity index (χ1v) is 13.8. The van der Waals surface area contributed by atoms with Crippen LogP contribution >= 0.6 is 0 Å². The number of hydrogen-bond donors (Lipinski definition) is 1. The third-order valence-electron chi connectivity index (χ3n) is 13.8. The van der Waals surface area contributed by atoms with E-state index in [0.29, 0.717) is 39.8 Å². The van der Waals surface area contributed by atoms with E-state index in [1.807, 2.05) is 0 Å². The molecule has 0 heterocycles. The summed E-state index contributed by atoms with van der Waals surface area (Å²) in [5, 5.41) is 11.7. The second-order valence-electron chi connectivity index (χ2n) is 15.4. The summed E-state index contributed by atoms with van der Waals surface area (Å²) in [6.07, 6.45) is 11.4. The Hall–Kier alpha value is -0.370. The summed E-state index contributed by atoms with van der Waals surface area (Å²) >= 11 is 0. The molecule has 0 saturated heterocycles. The van der Waals surface area contributed by atoms with Crippen molar-refractivity contribution in [3.05, 3.63) is 0 Å². The quantitative estimate of drug-likeness (QED) is 0.423. The zero-order valence-electron chi connectivity index (χ0n) is 22.3. The van der Waals surface area contributed by atoms with Crippen LogP contribution in [-0.2, 0) is 4.79 Å². The molecule has 0 amide bonds. The van der Waals surface area contributed by atoms with E-state index in [1.54, 1.807) is 0 Å². The smallest absolute Gasteiger partial charge is 0.136 e. The summed E-state index contributed by atoms with van der Waals surface area (Å²) in [7, 11) is 0. The van der Waals surface area contributed by atoms with Crippen molar-refractivity contribution in [2.75, 3.05) is 0 Å². The number of Topliss-reactive ketones (excluding diaryl/α,β-unsaturated/α-hetero) is 1. The van der Waals surface area contributed by atoms with E-state index in [4.69, 9.17) is 0 Å². The minimum Gasteiger partial charge on any atom is -0.393 e. The topological polar surface area (TPSA) is 37.3 Å². The van der Waals surface area contributed by atoms with Gasteiger partial charge in [-0.1, -0.05) is 55.4 Å². The minimum absolute atomic E-state index is 0.0759. The highest BCUT2D eigenvalue weighted by Crippen LogP contribution is 2.78. The van der Waals surface area contributed by atoms with Gasteiger partial charge in [0.05, 0.1) is 6.10 Å². The lowest BCUT2D eigenvalue weighted by molar-refractivity contribution is -0.280. The van der Waals surface area contributed by atoms with Gasteiger partial charge in [0.1, 0.15) is 5.78 Å². The van der Waals surface area contributed by atoms with E-state index in [2.05, 4.69) is 55.4 Å². The van der Waals surface area contributed by atoms with Gasteiger partial charge in [0.2, 0.25) is 0 Å². The molecule has 5 fully saturated rings. The van der Waals surface area contributed by atoms with Crippen molar-refractivity contribution in [2.24, 2.45) is 56.2 Å². The molecule has 2 heteroatoms. The van der Waals surface area contributed by atoms with E-state index in [1.165, 1.54) is 44.9 Å². The van der Waals surface area contributed by atoms with E-state index in [9.17, 15) is 9.90 Å². The van der Waals surface area contributed by atoms with Crippen molar-refractivity contribution in [1.82, 2.24) is 0 Å². The van der Waals surface area contributed by atoms with Gasteiger partial charge in [0.15, 0.2) is 0 Å². The van der Waals surface area contributed by atoms with Gasteiger partial charge in [-0.3, -0.25) is 4.79 Å². The van der Waals surface area contributed by atoms with Crippen molar-refractivity contribution in [1.29, 1.82) is 0 Å². The summed E-state index contributed by atoms with van der Waals surface area (Å²) in [6, 6.07) is 0. The molecule has 0 radical (unpaired) electrons. The van der Waals surface area contributed by atoms with Gasteiger partial charge >= 0.3 is 0 Å². The Morgan fingerprint density at radius 3 is 2.03 bits per heavy atom. The number of rotatable bonds is 0. The number of aliphatic hydroxyl groups is 1. The van der Waals surface area contributed by atoms with Crippen molar-refractivity contribution in [3.63, 3.8) is 0 Å². The van der Waals surface area contributed by atoms with Crippen LogP contribution in [0.2, 0.25) is 0 Å². The van der Waals surface area contributed by atoms with E-state index in [-0.39, 0.29) is 28.3 Å². The first-order valence-electron chi connectivity index (χ1n) is 13.8. The summed E-state index contributed by atoms with van der Waals surface area (Å²) in [4.78, 5) is 12.7. The maximum Gasteiger partial charge on any atom is 0.136 e. The highest BCUT2D eigenvalue weighted by Gasteiger charge is 2.72. The average Bonchev–Trinajstić information content (AvgIpc) is 2.70. The molecule has 10 atom stereocenters. The lowest BCUT2D eigenvalue weighted by Gasteiger charge is -2.75. The fourth-order valence-electron chi connectivity index (χ4n) is 11.2. The lowest BCUT2D eigenvalue weighted by atomic mass is 9.29. The van der Waals surface area contributed by atoms with Gasteiger partial charge in [-0.05, 0) is 108 Å². The summed E-state index contributed by atoms with van der Waals surface area (Å²) in [5.41, 5.74) is 1.41. The lowest BCUT2D eigenvalue weighted by Crippen LogP contribution is -2.70. The zero-order chi connectivity index (χ0) is 23.5. The SMILES string of the molecule is C[C@H]1C(=O)CC[C@@H]2[C@]1(C)CC[C@H]1[C@@]2(C)CC[C@@]2(C)[C@@H]3CC(C)(C)CC[C@]3(C)[C@@H](O)C[C@]12C. The first kappa shape index (κ1) is 23.4. The first-order chi connectivity index (χ1) is 14.6. The van der Waals surface area contributed by atoms with Gasteiger partial charge in [-0.2, -0.15) is 0 Å². The maximum absolute atomic E-state index is 12.7. The molecular formula is C30H50O2. The Morgan fingerprint density at radius 1 is 0.688 bits per heavy atom. The molecule has 1 N–H and O–H groups in total. The molecule has 0 bridgehead atoms. The van der Waals surface area contributed by atoms with Crippen molar-refractivity contribution in [3.8, 4) is 0 Å². The second kappa shape index (κ2) is 6.64. The second-order valence-corrected chi connectivity index (χ2v) is 15.4. The van der Waals surface area contributed by atoms with Crippen LogP contribution in [0.4, 0.5) is 0 Å². The maximum atomic E-state index is 12.7. The van der Waals surface area contributed by atoms with E-state index >= 15 is 0 Å². The zero-order valence-corrected chi connectivity index (χ0v) is 22.3. The molecular weight excluding hydrogens is 392 g/mol. The molecule has 0 spiro atoms. The fraction of sp³-hybridized carbons (Fsp3) is 0.967. The Morgan fingerprint density at radius 2 is 1.34 bits per heavy atom. The number of carbonyl (C=O) groups excluding carboxylic acids is 1. The van der Waals surface area contributed by atoms with Gasteiger partial charge < -0.3 is 5.11 Å². The van der Waals surface area contributed by atoms with Gasteiger partial charge in [-0.25, -0.2) is 0 Å². The van der Waals surface area contributed by atoms with Crippen LogP contribution in [-0.4, -0.2) is 17.0 Å². The largest absolute Gasteiger partial charge is 0.393 e. The third-order valence-corrected chi connectivity index (χ3v) is 13.8. The van der Waals surface area contributed by atoms with Crippen LogP contribution in [0.3, 0.4) is 0 Å². The monoisotopic (exact) mass is 442 g/mol. The molecule has 0 aromatic rings. The molecule has 2 nitrogen and oxygen atoms in total. The summed E-state index contributed by atoms with van der Waals surface area (Å²) in [5.74, 6) is 2.63. The molecule has 5 saturated carbocycles. The predicted molar refractivity (Wildman–Crippen MR) is 131 cm³/mol. The standard InChI is InChI=1S/C30H50O2/c1-19-20(31)9-10-21-26(19,4)12-11-22-27(21,5)15-16-29(7)23-17-25(2,3)13-14-28(23,6)24(32)18-30(22,29)8/h19,21-24,32H,9-18H2,1-8H3/t19-,21+,22-,23+,24-,26+,27-,28-,29-,30+/m0/s1. The summed E-state index contributed by atoms with van der Waals surface area (Å²) < 4.78 is 0. The van der Waals surface area contributed by atoms with Crippen LogP contribution in [0.15, 0.2) is 0 Å². The normalized spacial score (nSPS) is 59.4. The Bertz CT molecular complexity index is 816. The number of ketones is 1. The number of carbonyl (C=O) groups is 1. The van der Waals surface area contributed by atoms with Crippen LogP contribution in [0.25, 0.3) is 0 Å². The summed E-state index contributed by atoms with van der Waals surface area (Å²) in [6.45, 7) is 19.9. The molecule has 0 unspecified atom stereocenters. The highest BCUT2D eigenvalue weighted by atomic mass is 16.3. The van der Waals surface area contributed by atoms with Crippen molar-refractivity contribution >= 4 is 5.78 Å². The minimum atomic E-state index is -0.177. The van der Waals surface area contributed by atoms with Crippen molar-refractivity contribution < 1.29 is 9.90 Å². The van der Waals surface area contributed by atoms with Gasteiger partial charge in [0, 0.05) is 12.3 Å². The van der Waals surface area contributed by atoms with Crippen LogP contribution < -0.4 is 0 Å². The number of hydrogen-bond acceptors (Lipinski definition) is 2. The molecule has 5 aliphatic rings. The molecule has 5 rings (SSSR count). The van der Waals surface area contributed by atoms with Crippen molar-refractivity contribution in [2.45, 2.75) is 126 Å². The van der Waals surface area contributed by atoms with Crippen LogP contribution in [0.5, 0.6) is 0 Å². The molecule has 182 valence electrons. The van der Waals surface area contributed by atoms with E-state index in [0.717, 1.165) is 19.3 Å². The number of fused-ring (bicyclic) bond motifs is 7. The average molecular weight is 443 g/mol. The molecule has 5 aliphatic carbocycles. The predicted octanol–water partition coefficient (Wildman–Crippen LogP) is 7.43. The van der Waals surface area contributed by atoms with Gasteiger partial charge in [-0.15, -0.1) is 0 Å². The Labute approximate surface area is 197 Å².